The van der Waals surface area contributed by atoms with E-state index in [-0.39, 0.29) is 6.04 Å². The Bertz CT molecular complexity index is 771. The number of benzene rings is 1. The van der Waals surface area contributed by atoms with Crippen LogP contribution in [0.25, 0.3) is 0 Å². The molecule has 0 radical (unpaired) electrons. The topological polar surface area (TPSA) is 45.7 Å². The van der Waals surface area contributed by atoms with Crippen LogP contribution in [0.15, 0.2) is 48.7 Å². The Morgan fingerprint density at radius 1 is 1.22 bits per heavy atom. The molecule has 0 aliphatic carbocycles. The second-order valence-electron chi connectivity index (χ2n) is 7.85. The minimum absolute atomic E-state index is 0.271. The zero-order valence-electron chi connectivity index (χ0n) is 16.7. The maximum Gasteiger partial charge on any atom is 0.420 e. The van der Waals surface area contributed by atoms with Crippen molar-refractivity contribution in [1.29, 1.82) is 0 Å². The van der Waals surface area contributed by atoms with Crippen molar-refractivity contribution < 1.29 is 9.53 Å². The van der Waals surface area contributed by atoms with Crippen LogP contribution in [-0.2, 0) is 4.74 Å². The normalized spacial score (nSPS) is 17.7. The summed E-state index contributed by atoms with van der Waals surface area (Å²) < 4.78 is 5.71. The third kappa shape index (κ3) is 4.48. The lowest BCUT2D eigenvalue weighted by Crippen LogP contribution is -2.35. The Balaban J connectivity index is 2.07. The van der Waals surface area contributed by atoms with Gasteiger partial charge in [0.05, 0.1) is 5.69 Å². The number of hydrogen-bond acceptors (Lipinski definition) is 4. The quantitative estimate of drug-likeness (QED) is 0.734. The first kappa shape index (κ1) is 19.4. The first-order valence-corrected chi connectivity index (χ1v) is 9.68. The fourth-order valence-corrected chi connectivity index (χ4v) is 3.61. The molecule has 1 aromatic heterocycles. The molecule has 5 nitrogen and oxygen atoms in total. The number of amides is 1. The first-order chi connectivity index (χ1) is 12.9. The number of aromatic nitrogens is 1. The fourth-order valence-electron chi connectivity index (χ4n) is 3.61. The minimum Gasteiger partial charge on any atom is -0.443 e. The van der Waals surface area contributed by atoms with Crippen LogP contribution in [0.4, 0.5) is 16.3 Å². The van der Waals surface area contributed by atoms with Crippen LogP contribution in [0.2, 0.25) is 0 Å². The molecular weight excluding hydrogens is 338 g/mol. The van der Waals surface area contributed by atoms with Crippen molar-refractivity contribution in [3.63, 3.8) is 0 Å². The molecule has 1 atom stereocenters. The van der Waals surface area contributed by atoms with E-state index in [1.165, 1.54) is 0 Å². The molecule has 1 fully saturated rings. The summed E-state index contributed by atoms with van der Waals surface area (Å²) in [6.45, 7) is 9.87. The summed E-state index contributed by atoms with van der Waals surface area (Å²) in [4.78, 5) is 21.8. The number of anilines is 2. The van der Waals surface area contributed by atoms with Gasteiger partial charge in [0.25, 0.3) is 0 Å². The third-order valence-electron chi connectivity index (χ3n) is 4.75. The summed E-state index contributed by atoms with van der Waals surface area (Å²) in [6, 6.07) is 13.9. The number of para-hydroxylation sites is 1. The highest BCUT2D eigenvalue weighted by molar-refractivity contribution is 5.96. The number of hydrogen-bond donors (Lipinski definition) is 0. The second-order valence-corrected chi connectivity index (χ2v) is 7.85. The molecule has 0 spiro atoms. The Morgan fingerprint density at radius 3 is 2.63 bits per heavy atom. The van der Waals surface area contributed by atoms with Gasteiger partial charge >= 0.3 is 6.09 Å². The Labute approximate surface area is 162 Å². The van der Waals surface area contributed by atoms with Gasteiger partial charge in [-0.1, -0.05) is 31.2 Å². The molecule has 1 aromatic carbocycles. The van der Waals surface area contributed by atoms with Gasteiger partial charge in [-0.05, 0) is 64.9 Å². The van der Waals surface area contributed by atoms with Gasteiger partial charge in [-0.2, -0.15) is 0 Å². The highest BCUT2D eigenvalue weighted by Gasteiger charge is 2.32. The highest BCUT2D eigenvalue weighted by atomic mass is 16.6. The molecule has 1 amide bonds. The highest BCUT2D eigenvalue weighted by Crippen LogP contribution is 2.38. The van der Waals surface area contributed by atoms with Crippen LogP contribution in [0, 0.1) is 0 Å². The number of pyridine rings is 1. The molecule has 0 bridgehead atoms. The average Bonchev–Trinajstić information content (AvgIpc) is 3.10. The first-order valence-electron chi connectivity index (χ1n) is 9.68. The van der Waals surface area contributed by atoms with Crippen molar-refractivity contribution in [1.82, 2.24) is 9.88 Å². The van der Waals surface area contributed by atoms with E-state index in [1.54, 1.807) is 11.1 Å². The molecule has 2 heterocycles. The van der Waals surface area contributed by atoms with Gasteiger partial charge in [-0.3, -0.25) is 4.90 Å². The zero-order valence-corrected chi connectivity index (χ0v) is 16.7. The lowest BCUT2D eigenvalue weighted by molar-refractivity contribution is 0.0597. The van der Waals surface area contributed by atoms with Gasteiger partial charge < -0.3 is 4.74 Å². The Morgan fingerprint density at radius 2 is 1.96 bits per heavy atom. The van der Waals surface area contributed by atoms with Gasteiger partial charge in [0.2, 0.25) is 0 Å². The maximum atomic E-state index is 13.1. The maximum absolute atomic E-state index is 13.1. The molecule has 2 aromatic rings. The van der Waals surface area contributed by atoms with E-state index in [1.807, 2.05) is 57.2 Å². The van der Waals surface area contributed by atoms with Gasteiger partial charge in [-0.25, -0.2) is 14.7 Å². The van der Waals surface area contributed by atoms with Crippen molar-refractivity contribution in [3.05, 3.63) is 54.2 Å². The van der Waals surface area contributed by atoms with Crippen LogP contribution in [0.1, 0.15) is 52.1 Å². The number of rotatable bonds is 4. The molecule has 1 aliphatic heterocycles. The summed E-state index contributed by atoms with van der Waals surface area (Å²) in [5.74, 6) is 0.656. The average molecular weight is 367 g/mol. The summed E-state index contributed by atoms with van der Waals surface area (Å²) in [7, 11) is 0. The van der Waals surface area contributed by atoms with Gasteiger partial charge in [0.15, 0.2) is 0 Å². The largest absolute Gasteiger partial charge is 0.443 e. The summed E-state index contributed by atoms with van der Waals surface area (Å²) >= 11 is 0. The van der Waals surface area contributed by atoms with E-state index < -0.39 is 11.7 Å². The molecule has 0 unspecified atom stereocenters. The predicted molar refractivity (Wildman–Crippen MR) is 108 cm³/mol. The standard InChI is InChI=1S/C22H29N3O2/c1-5-24-16-10-14-19(24)18-13-9-15-23-20(18)25(17-11-7-6-8-12-17)21(26)27-22(2,3)4/h6-9,11-13,15,19H,5,10,14,16H2,1-4H3/t19-/m0/s1. The number of carbonyl (C=O) groups is 1. The van der Waals surface area contributed by atoms with E-state index in [4.69, 9.17) is 4.74 Å². The number of carbonyl (C=O) groups excluding carboxylic acids is 1. The van der Waals surface area contributed by atoms with Gasteiger partial charge in [-0.15, -0.1) is 0 Å². The SMILES string of the molecule is CCN1CCC[C@H]1c1cccnc1N(C(=O)OC(C)(C)C)c1ccccc1. The van der Waals surface area contributed by atoms with Crippen LogP contribution in [0.3, 0.4) is 0 Å². The van der Waals surface area contributed by atoms with Crippen molar-refractivity contribution in [2.75, 3.05) is 18.0 Å². The van der Waals surface area contributed by atoms with Crippen molar-refractivity contribution in [3.8, 4) is 0 Å². The lowest BCUT2D eigenvalue weighted by Gasteiger charge is -2.31. The van der Waals surface area contributed by atoms with E-state index >= 15 is 0 Å². The molecule has 0 N–H and O–H groups in total. The predicted octanol–water partition coefficient (Wildman–Crippen LogP) is 5.31. The van der Waals surface area contributed by atoms with Crippen LogP contribution < -0.4 is 4.90 Å². The summed E-state index contributed by atoms with van der Waals surface area (Å²) in [5, 5.41) is 0. The Kier molecular flexibility index (Phi) is 5.80. The number of ether oxygens (including phenoxy) is 1. The molecule has 27 heavy (non-hydrogen) atoms. The Hall–Kier alpha value is -2.40. The van der Waals surface area contributed by atoms with Gasteiger partial charge in [0, 0.05) is 17.8 Å². The van der Waals surface area contributed by atoms with E-state index in [9.17, 15) is 4.79 Å². The fraction of sp³-hybridized carbons (Fsp3) is 0.455. The third-order valence-corrected chi connectivity index (χ3v) is 4.75. The monoisotopic (exact) mass is 367 g/mol. The van der Waals surface area contributed by atoms with Crippen molar-refractivity contribution in [2.45, 2.75) is 52.2 Å². The second kappa shape index (κ2) is 8.09. The number of likely N-dealkylation sites (tertiary alicyclic amines) is 1. The minimum atomic E-state index is -0.581. The van der Waals surface area contributed by atoms with Crippen LogP contribution >= 0.6 is 0 Å². The summed E-state index contributed by atoms with van der Waals surface area (Å²) in [5.41, 5.74) is 1.25. The lowest BCUT2D eigenvalue weighted by atomic mass is 10.0. The van der Waals surface area contributed by atoms with E-state index in [0.717, 1.165) is 37.2 Å². The van der Waals surface area contributed by atoms with E-state index in [0.29, 0.717) is 5.82 Å². The van der Waals surface area contributed by atoms with Gasteiger partial charge in [0.1, 0.15) is 11.4 Å². The molecule has 144 valence electrons. The van der Waals surface area contributed by atoms with Crippen LogP contribution in [-0.4, -0.2) is 34.7 Å². The molecule has 5 heteroatoms. The molecule has 3 rings (SSSR count). The van der Waals surface area contributed by atoms with E-state index in [2.05, 4.69) is 22.9 Å². The number of nitrogens with zero attached hydrogens (tertiary/aromatic N) is 3. The van der Waals surface area contributed by atoms with Crippen molar-refractivity contribution in [2.24, 2.45) is 0 Å². The van der Waals surface area contributed by atoms with Crippen molar-refractivity contribution >= 4 is 17.6 Å². The molecule has 0 saturated carbocycles. The molecule has 1 aliphatic rings. The molecular formula is C22H29N3O2. The summed E-state index contributed by atoms with van der Waals surface area (Å²) in [6.07, 6.45) is 3.56. The molecule has 1 saturated heterocycles. The smallest absolute Gasteiger partial charge is 0.420 e. The zero-order chi connectivity index (χ0) is 19.4. The van der Waals surface area contributed by atoms with Crippen LogP contribution in [0.5, 0.6) is 0 Å².